The number of nitrogens with one attached hydrogen (secondary N) is 1. The topological polar surface area (TPSA) is 41.6 Å². The van der Waals surface area contributed by atoms with E-state index in [2.05, 4.69) is 26.1 Å². The first kappa shape index (κ1) is 16.6. The van der Waals surface area contributed by atoms with Gasteiger partial charge in [-0.3, -0.25) is 10.2 Å². The summed E-state index contributed by atoms with van der Waals surface area (Å²) in [4.78, 5) is 14.9. The highest BCUT2D eigenvalue weighted by Gasteiger charge is 2.36. The zero-order chi connectivity index (χ0) is 17.2. The lowest BCUT2D eigenvalue weighted by Gasteiger charge is -2.43. The van der Waals surface area contributed by atoms with E-state index in [0.717, 1.165) is 53.8 Å². The highest BCUT2D eigenvalue weighted by molar-refractivity contribution is 9.10. The molecule has 1 amide bonds. The van der Waals surface area contributed by atoms with Gasteiger partial charge in [0.15, 0.2) is 0 Å². The number of rotatable bonds is 3. The molecule has 0 saturated carbocycles. The maximum absolute atomic E-state index is 12.5. The second kappa shape index (κ2) is 7.18. The average molecular weight is 401 g/mol. The summed E-state index contributed by atoms with van der Waals surface area (Å²) in [5.74, 6) is 0.506. The molecule has 0 radical (unpaired) electrons. The number of ether oxygens (including phenoxy) is 1. The van der Waals surface area contributed by atoms with Crippen molar-refractivity contribution in [1.82, 2.24) is 4.90 Å². The molecule has 2 bridgehead atoms. The molecule has 0 unspecified atom stereocenters. The summed E-state index contributed by atoms with van der Waals surface area (Å²) < 4.78 is 6.67. The molecule has 3 saturated heterocycles. The van der Waals surface area contributed by atoms with E-state index in [1.165, 1.54) is 0 Å². The summed E-state index contributed by atoms with van der Waals surface area (Å²) in [6, 6.07) is 15.9. The number of fused-ring (bicyclic) bond motifs is 3. The van der Waals surface area contributed by atoms with Crippen LogP contribution in [0.2, 0.25) is 0 Å². The first-order chi connectivity index (χ1) is 12.2. The largest absolute Gasteiger partial charge is 0.444 e. The van der Waals surface area contributed by atoms with Crippen LogP contribution in [-0.2, 0) is 4.74 Å². The molecule has 2 aromatic rings. The lowest BCUT2D eigenvalue weighted by atomic mass is 9.86. The minimum Gasteiger partial charge on any atom is -0.444 e. The van der Waals surface area contributed by atoms with Gasteiger partial charge >= 0.3 is 6.09 Å². The molecule has 25 heavy (non-hydrogen) atoms. The first-order valence-electron chi connectivity index (χ1n) is 8.74. The third-order valence-electron chi connectivity index (χ3n) is 5.16. The summed E-state index contributed by atoms with van der Waals surface area (Å²) in [7, 11) is 0. The Labute approximate surface area is 156 Å². The van der Waals surface area contributed by atoms with E-state index in [-0.39, 0.29) is 12.2 Å². The lowest BCUT2D eigenvalue weighted by molar-refractivity contribution is -0.0289. The van der Waals surface area contributed by atoms with Crippen molar-refractivity contribution in [3.8, 4) is 11.1 Å². The molecule has 0 spiro atoms. The third-order valence-corrected chi connectivity index (χ3v) is 5.65. The summed E-state index contributed by atoms with van der Waals surface area (Å²) in [6.07, 6.45) is 1.90. The smallest absolute Gasteiger partial charge is 0.411 e. The van der Waals surface area contributed by atoms with Crippen molar-refractivity contribution < 1.29 is 9.53 Å². The number of benzene rings is 2. The van der Waals surface area contributed by atoms with Crippen LogP contribution in [0.4, 0.5) is 10.5 Å². The zero-order valence-corrected chi connectivity index (χ0v) is 15.5. The Hall–Kier alpha value is -1.85. The SMILES string of the molecule is O=C(Nc1cc(Br)ccc1-c1ccccc1)O[C@H]1CN2CCC1CC2. The van der Waals surface area contributed by atoms with Crippen molar-refractivity contribution in [2.24, 2.45) is 5.92 Å². The number of halogens is 1. The van der Waals surface area contributed by atoms with E-state index < -0.39 is 0 Å². The van der Waals surface area contributed by atoms with Gasteiger partial charge in [0.05, 0.1) is 5.69 Å². The Kier molecular flexibility index (Phi) is 4.77. The van der Waals surface area contributed by atoms with Crippen molar-refractivity contribution in [3.63, 3.8) is 0 Å². The maximum Gasteiger partial charge on any atom is 0.411 e. The molecule has 2 aromatic carbocycles. The summed E-state index contributed by atoms with van der Waals surface area (Å²) in [6.45, 7) is 3.13. The summed E-state index contributed by atoms with van der Waals surface area (Å²) in [5, 5.41) is 2.95. The van der Waals surface area contributed by atoms with E-state index in [4.69, 9.17) is 4.74 Å². The van der Waals surface area contributed by atoms with Crippen LogP contribution < -0.4 is 5.32 Å². The van der Waals surface area contributed by atoms with Gasteiger partial charge in [0.2, 0.25) is 0 Å². The number of nitrogens with zero attached hydrogens (tertiary/aromatic N) is 1. The van der Waals surface area contributed by atoms with E-state index in [0.29, 0.717) is 5.92 Å². The average Bonchev–Trinajstić information content (AvgIpc) is 2.63. The second-order valence-corrected chi connectivity index (χ2v) is 7.68. The van der Waals surface area contributed by atoms with E-state index in [1.807, 2.05) is 48.5 Å². The number of carbonyl (C=O) groups is 1. The molecule has 5 heteroatoms. The van der Waals surface area contributed by atoms with E-state index >= 15 is 0 Å². The molecule has 1 atom stereocenters. The van der Waals surface area contributed by atoms with Crippen LogP contribution in [0.25, 0.3) is 11.1 Å². The van der Waals surface area contributed by atoms with E-state index in [9.17, 15) is 4.79 Å². The van der Waals surface area contributed by atoms with Crippen LogP contribution in [0.3, 0.4) is 0 Å². The van der Waals surface area contributed by atoms with Crippen molar-refractivity contribution in [2.45, 2.75) is 18.9 Å². The van der Waals surface area contributed by atoms with E-state index in [1.54, 1.807) is 0 Å². The molecule has 3 fully saturated rings. The maximum atomic E-state index is 12.5. The molecular weight excluding hydrogens is 380 g/mol. The highest BCUT2D eigenvalue weighted by atomic mass is 79.9. The molecule has 130 valence electrons. The van der Waals surface area contributed by atoms with Crippen molar-refractivity contribution >= 4 is 27.7 Å². The Morgan fingerprint density at radius 1 is 1.12 bits per heavy atom. The quantitative estimate of drug-likeness (QED) is 0.807. The van der Waals surface area contributed by atoms with Crippen LogP contribution >= 0.6 is 15.9 Å². The number of carbonyl (C=O) groups excluding carboxylic acids is 1. The standard InChI is InChI=1S/C20H21BrN2O2/c21-16-6-7-17(14-4-2-1-3-5-14)18(12-16)22-20(24)25-19-13-23-10-8-15(19)9-11-23/h1-7,12,15,19H,8-11,13H2,(H,22,24)/t19-/m0/s1. The van der Waals surface area contributed by atoms with Gasteiger partial charge in [-0.05, 0) is 49.5 Å². The number of amides is 1. The lowest BCUT2D eigenvalue weighted by Crippen LogP contribution is -2.52. The normalized spacial score (nSPS) is 24.8. The van der Waals surface area contributed by atoms with Crippen molar-refractivity contribution in [2.75, 3.05) is 25.0 Å². The molecule has 0 aliphatic carbocycles. The van der Waals surface area contributed by atoms with Gasteiger partial charge in [-0.25, -0.2) is 4.79 Å². The van der Waals surface area contributed by atoms with Crippen LogP contribution in [0.15, 0.2) is 53.0 Å². The Morgan fingerprint density at radius 3 is 2.56 bits per heavy atom. The Morgan fingerprint density at radius 2 is 1.88 bits per heavy atom. The van der Waals surface area contributed by atoms with Gasteiger partial charge in [-0.1, -0.05) is 52.3 Å². The van der Waals surface area contributed by atoms with Gasteiger partial charge in [-0.15, -0.1) is 0 Å². The predicted molar refractivity (Wildman–Crippen MR) is 103 cm³/mol. The minimum atomic E-state index is -0.367. The fourth-order valence-electron chi connectivity index (χ4n) is 3.81. The minimum absolute atomic E-state index is 0.00910. The third kappa shape index (κ3) is 3.72. The zero-order valence-electron chi connectivity index (χ0n) is 14.0. The number of anilines is 1. The van der Waals surface area contributed by atoms with Crippen molar-refractivity contribution in [1.29, 1.82) is 0 Å². The van der Waals surface area contributed by atoms with Crippen molar-refractivity contribution in [3.05, 3.63) is 53.0 Å². The fourth-order valence-corrected chi connectivity index (χ4v) is 4.17. The monoisotopic (exact) mass is 400 g/mol. The Bertz CT molecular complexity index is 758. The second-order valence-electron chi connectivity index (χ2n) is 6.76. The fraction of sp³-hybridized carbons (Fsp3) is 0.350. The van der Waals surface area contributed by atoms with Gasteiger partial charge in [0.1, 0.15) is 6.10 Å². The van der Waals surface area contributed by atoms with Crippen LogP contribution in [-0.4, -0.2) is 36.7 Å². The summed E-state index contributed by atoms with van der Waals surface area (Å²) >= 11 is 3.49. The number of hydrogen-bond acceptors (Lipinski definition) is 3. The number of hydrogen-bond donors (Lipinski definition) is 1. The molecule has 0 aromatic heterocycles. The van der Waals surface area contributed by atoms with Gasteiger partial charge in [0, 0.05) is 16.6 Å². The van der Waals surface area contributed by atoms with Crippen LogP contribution in [0.1, 0.15) is 12.8 Å². The molecule has 4 nitrogen and oxygen atoms in total. The first-order valence-corrected chi connectivity index (χ1v) is 9.53. The summed E-state index contributed by atoms with van der Waals surface area (Å²) in [5.41, 5.74) is 2.80. The molecule has 3 aliphatic heterocycles. The number of piperidine rings is 3. The molecular formula is C20H21BrN2O2. The molecule has 1 N–H and O–H groups in total. The molecule has 3 heterocycles. The Balaban J connectivity index is 1.50. The molecule has 3 aliphatic rings. The predicted octanol–water partition coefficient (Wildman–Crippen LogP) is 4.76. The van der Waals surface area contributed by atoms with Gasteiger partial charge < -0.3 is 4.74 Å². The van der Waals surface area contributed by atoms with Crippen LogP contribution in [0.5, 0.6) is 0 Å². The van der Waals surface area contributed by atoms with Gasteiger partial charge in [-0.2, -0.15) is 0 Å². The molecule has 5 rings (SSSR count). The highest BCUT2D eigenvalue weighted by Crippen LogP contribution is 2.32. The van der Waals surface area contributed by atoms with Crippen LogP contribution in [0, 0.1) is 5.92 Å². The van der Waals surface area contributed by atoms with Gasteiger partial charge in [0.25, 0.3) is 0 Å².